The van der Waals surface area contributed by atoms with Gasteiger partial charge in [0.2, 0.25) is 0 Å². The van der Waals surface area contributed by atoms with E-state index in [1.165, 1.54) is 30.4 Å². The van der Waals surface area contributed by atoms with Gasteiger partial charge in [0.05, 0.1) is 16.8 Å². The monoisotopic (exact) mass is 276 g/mol. The van der Waals surface area contributed by atoms with E-state index in [4.69, 9.17) is 4.74 Å². The number of ether oxygens (including phenoxy) is 1. The molecular formula is C15H20N2OS. The van der Waals surface area contributed by atoms with Crippen molar-refractivity contribution in [3.8, 4) is 5.75 Å². The summed E-state index contributed by atoms with van der Waals surface area (Å²) in [7, 11) is 0. The molecule has 2 aromatic rings. The number of benzene rings is 1. The second-order valence-corrected chi connectivity index (χ2v) is 6.50. The molecule has 1 aromatic heterocycles. The molecule has 1 aliphatic carbocycles. The first-order valence-electron chi connectivity index (χ1n) is 7.00. The van der Waals surface area contributed by atoms with Gasteiger partial charge in [-0.2, -0.15) is 0 Å². The lowest BCUT2D eigenvalue weighted by Gasteiger charge is -2.24. The van der Waals surface area contributed by atoms with Crippen molar-refractivity contribution in [2.75, 3.05) is 11.9 Å². The summed E-state index contributed by atoms with van der Waals surface area (Å²) < 4.78 is 6.72. The first kappa shape index (κ1) is 12.7. The van der Waals surface area contributed by atoms with Gasteiger partial charge in [-0.1, -0.05) is 24.2 Å². The third-order valence-electron chi connectivity index (χ3n) is 3.79. The first-order valence-corrected chi connectivity index (χ1v) is 7.82. The van der Waals surface area contributed by atoms with Crippen LogP contribution in [0.3, 0.4) is 0 Å². The standard InChI is InChI=1S/C15H20N2OS/c1-3-18-11-6-7-12-13(10-11)19-14(16-12)17-15(2)8-4-5-9-15/h6-7,10H,3-5,8-9H2,1-2H3,(H,16,17). The van der Waals surface area contributed by atoms with Gasteiger partial charge < -0.3 is 10.1 Å². The van der Waals surface area contributed by atoms with E-state index in [1.54, 1.807) is 11.3 Å². The molecule has 4 heteroatoms. The van der Waals surface area contributed by atoms with Crippen LogP contribution in [0.5, 0.6) is 5.75 Å². The van der Waals surface area contributed by atoms with Crippen molar-refractivity contribution < 1.29 is 4.74 Å². The fourth-order valence-corrected chi connectivity index (χ4v) is 3.80. The summed E-state index contributed by atoms with van der Waals surface area (Å²) in [6.45, 7) is 5.01. The maximum absolute atomic E-state index is 5.53. The summed E-state index contributed by atoms with van der Waals surface area (Å²) in [5.41, 5.74) is 1.29. The molecule has 1 aromatic carbocycles. The van der Waals surface area contributed by atoms with E-state index in [2.05, 4.69) is 23.3 Å². The third-order valence-corrected chi connectivity index (χ3v) is 4.72. The Balaban J connectivity index is 1.84. The highest BCUT2D eigenvalue weighted by molar-refractivity contribution is 7.22. The van der Waals surface area contributed by atoms with Crippen LogP contribution in [0.1, 0.15) is 39.5 Å². The van der Waals surface area contributed by atoms with E-state index in [9.17, 15) is 0 Å². The Bertz CT molecular complexity index is 573. The second kappa shape index (κ2) is 5.00. The number of nitrogens with zero attached hydrogens (tertiary/aromatic N) is 1. The minimum absolute atomic E-state index is 0.233. The van der Waals surface area contributed by atoms with Gasteiger partial charge in [-0.05, 0) is 44.9 Å². The predicted octanol–water partition coefficient (Wildman–Crippen LogP) is 4.44. The lowest BCUT2D eigenvalue weighted by atomic mass is 10.0. The molecule has 0 bridgehead atoms. The zero-order valence-corrected chi connectivity index (χ0v) is 12.3. The van der Waals surface area contributed by atoms with Crippen LogP contribution in [0.2, 0.25) is 0 Å². The van der Waals surface area contributed by atoms with Crippen LogP contribution in [-0.2, 0) is 0 Å². The number of aromatic nitrogens is 1. The highest BCUT2D eigenvalue weighted by Crippen LogP contribution is 2.36. The van der Waals surface area contributed by atoms with Crippen LogP contribution in [0.15, 0.2) is 18.2 Å². The van der Waals surface area contributed by atoms with Gasteiger partial charge in [0.25, 0.3) is 0 Å². The van der Waals surface area contributed by atoms with Gasteiger partial charge in [-0.15, -0.1) is 0 Å². The average Bonchev–Trinajstić information content (AvgIpc) is 2.95. The first-order chi connectivity index (χ1) is 9.18. The SMILES string of the molecule is CCOc1ccc2nc(NC3(C)CCCC3)sc2c1. The number of hydrogen-bond donors (Lipinski definition) is 1. The minimum atomic E-state index is 0.233. The zero-order valence-electron chi connectivity index (χ0n) is 11.5. The molecule has 1 fully saturated rings. The Morgan fingerprint density at radius 2 is 2.16 bits per heavy atom. The van der Waals surface area contributed by atoms with E-state index in [0.29, 0.717) is 6.61 Å². The van der Waals surface area contributed by atoms with Gasteiger partial charge in [-0.3, -0.25) is 0 Å². The Kier molecular flexibility index (Phi) is 3.35. The quantitative estimate of drug-likeness (QED) is 0.896. The summed E-state index contributed by atoms with van der Waals surface area (Å²) in [5, 5.41) is 4.66. The van der Waals surface area contributed by atoms with Crippen LogP contribution in [-0.4, -0.2) is 17.1 Å². The highest BCUT2D eigenvalue weighted by Gasteiger charge is 2.29. The van der Waals surface area contributed by atoms with Crippen molar-refractivity contribution in [1.82, 2.24) is 4.98 Å². The molecule has 3 nitrogen and oxygen atoms in total. The number of fused-ring (bicyclic) bond motifs is 1. The minimum Gasteiger partial charge on any atom is -0.494 e. The molecule has 19 heavy (non-hydrogen) atoms. The van der Waals surface area contributed by atoms with Crippen molar-refractivity contribution in [3.05, 3.63) is 18.2 Å². The molecule has 1 saturated carbocycles. The van der Waals surface area contributed by atoms with Crippen molar-refractivity contribution in [1.29, 1.82) is 0 Å². The molecule has 1 aliphatic rings. The molecule has 1 N–H and O–H groups in total. The van der Waals surface area contributed by atoms with E-state index in [-0.39, 0.29) is 5.54 Å². The summed E-state index contributed by atoms with van der Waals surface area (Å²) in [4.78, 5) is 4.67. The van der Waals surface area contributed by atoms with Gasteiger partial charge in [0, 0.05) is 5.54 Å². The smallest absolute Gasteiger partial charge is 0.184 e. The maximum atomic E-state index is 5.53. The summed E-state index contributed by atoms with van der Waals surface area (Å²) in [6.07, 6.45) is 5.13. The summed E-state index contributed by atoms with van der Waals surface area (Å²) in [5.74, 6) is 0.928. The fourth-order valence-electron chi connectivity index (χ4n) is 2.75. The number of nitrogens with one attached hydrogen (secondary N) is 1. The predicted molar refractivity (Wildman–Crippen MR) is 81.3 cm³/mol. The maximum Gasteiger partial charge on any atom is 0.184 e. The van der Waals surface area contributed by atoms with Gasteiger partial charge in [0.15, 0.2) is 5.13 Å². The van der Waals surface area contributed by atoms with Crippen molar-refractivity contribution in [2.45, 2.75) is 45.1 Å². The molecule has 0 atom stereocenters. The number of rotatable bonds is 4. The fraction of sp³-hybridized carbons (Fsp3) is 0.533. The van der Waals surface area contributed by atoms with Crippen molar-refractivity contribution in [2.24, 2.45) is 0 Å². The number of thiazole rings is 1. The van der Waals surface area contributed by atoms with Crippen LogP contribution < -0.4 is 10.1 Å². The van der Waals surface area contributed by atoms with E-state index in [0.717, 1.165) is 16.4 Å². The van der Waals surface area contributed by atoms with E-state index < -0.39 is 0 Å². The normalized spacial score (nSPS) is 17.8. The molecule has 0 amide bonds. The molecule has 0 unspecified atom stereocenters. The van der Waals surface area contributed by atoms with Crippen LogP contribution in [0.4, 0.5) is 5.13 Å². The van der Waals surface area contributed by atoms with Crippen LogP contribution in [0, 0.1) is 0 Å². The number of anilines is 1. The lowest BCUT2D eigenvalue weighted by Crippen LogP contribution is -2.30. The van der Waals surface area contributed by atoms with Gasteiger partial charge in [-0.25, -0.2) is 4.98 Å². The van der Waals surface area contributed by atoms with Crippen LogP contribution >= 0.6 is 11.3 Å². The average molecular weight is 276 g/mol. The molecule has 0 radical (unpaired) electrons. The molecule has 0 saturated heterocycles. The second-order valence-electron chi connectivity index (χ2n) is 5.47. The topological polar surface area (TPSA) is 34.1 Å². The van der Waals surface area contributed by atoms with Gasteiger partial charge in [0.1, 0.15) is 5.75 Å². The molecule has 102 valence electrons. The zero-order chi connectivity index (χ0) is 13.3. The lowest BCUT2D eigenvalue weighted by molar-refractivity contribution is 0.341. The van der Waals surface area contributed by atoms with Gasteiger partial charge >= 0.3 is 0 Å². The molecule has 0 aliphatic heterocycles. The Morgan fingerprint density at radius 1 is 1.37 bits per heavy atom. The van der Waals surface area contributed by atoms with E-state index in [1.807, 2.05) is 19.1 Å². The molecule has 1 heterocycles. The van der Waals surface area contributed by atoms with Crippen LogP contribution in [0.25, 0.3) is 10.2 Å². The third kappa shape index (κ3) is 2.68. The molecular weight excluding hydrogens is 256 g/mol. The number of hydrogen-bond acceptors (Lipinski definition) is 4. The molecule has 3 rings (SSSR count). The highest BCUT2D eigenvalue weighted by atomic mass is 32.1. The Labute approximate surface area is 118 Å². The van der Waals surface area contributed by atoms with E-state index >= 15 is 0 Å². The van der Waals surface area contributed by atoms with Crippen molar-refractivity contribution in [3.63, 3.8) is 0 Å². The largest absolute Gasteiger partial charge is 0.494 e. The molecule has 0 spiro atoms. The Hall–Kier alpha value is -1.29. The summed E-state index contributed by atoms with van der Waals surface area (Å²) in [6, 6.07) is 6.12. The summed E-state index contributed by atoms with van der Waals surface area (Å²) >= 11 is 1.72. The van der Waals surface area contributed by atoms with Crippen molar-refractivity contribution >= 4 is 26.7 Å². The Morgan fingerprint density at radius 3 is 2.89 bits per heavy atom.